The number of rotatable bonds is 5. The molecule has 5 atom stereocenters. The normalized spacial score (nSPS) is 32.0. The van der Waals surface area contributed by atoms with Gasteiger partial charge in [-0.1, -0.05) is 19.4 Å². The van der Waals surface area contributed by atoms with Crippen LogP contribution in [-0.2, 0) is 32.6 Å². The summed E-state index contributed by atoms with van der Waals surface area (Å²) in [6.07, 6.45) is 5.79. The van der Waals surface area contributed by atoms with Crippen LogP contribution in [0, 0.1) is 11.8 Å². The molecule has 4 heterocycles. The molecule has 4 bridgehead atoms. The lowest BCUT2D eigenvalue weighted by atomic mass is 9.56. The lowest BCUT2D eigenvalue weighted by Crippen LogP contribution is -2.67. The minimum atomic E-state index is -0.610. The highest BCUT2D eigenvalue weighted by molar-refractivity contribution is 5.92. The second kappa shape index (κ2) is 7.23. The van der Waals surface area contributed by atoms with E-state index in [0.717, 1.165) is 55.5 Å². The molecule has 1 saturated carbocycles. The van der Waals surface area contributed by atoms with Crippen LogP contribution in [0.1, 0.15) is 56.4 Å². The number of piperidine rings is 2. The Morgan fingerprint density at radius 3 is 2.90 bits per heavy atom. The number of Topliss-reactive ketones (excluding diaryl/α,β-unsaturated/α-hetero) is 1. The van der Waals surface area contributed by atoms with Crippen molar-refractivity contribution in [1.82, 2.24) is 9.88 Å². The van der Waals surface area contributed by atoms with Gasteiger partial charge in [-0.25, -0.2) is 0 Å². The molecule has 1 aliphatic carbocycles. The molecule has 1 aromatic heterocycles. The monoisotopic (exact) mass is 408 g/mol. The number of nitrogens with one attached hydrogen (secondary N) is 1. The third kappa shape index (κ3) is 2.78. The largest absolute Gasteiger partial charge is 0.468 e. The molecule has 3 aliphatic heterocycles. The number of methoxy groups -OCH3 is 1. The third-order valence-electron chi connectivity index (χ3n) is 7.81. The fraction of sp³-hybridized carbons (Fsp3) is 0.600. The summed E-state index contributed by atoms with van der Waals surface area (Å²) >= 11 is 0. The first-order chi connectivity index (χ1) is 14.5. The van der Waals surface area contributed by atoms with Crippen molar-refractivity contribution in [3.63, 3.8) is 0 Å². The highest BCUT2D eigenvalue weighted by Gasteiger charge is 2.62. The summed E-state index contributed by atoms with van der Waals surface area (Å²) in [6.45, 7) is 5.96. The van der Waals surface area contributed by atoms with Crippen LogP contribution in [-0.4, -0.2) is 47.9 Å². The van der Waals surface area contributed by atoms with Crippen molar-refractivity contribution in [3.8, 4) is 0 Å². The van der Waals surface area contributed by atoms with Crippen molar-refractivity contribution in [1.29, 1.82) is 0 Å². The van der Waals surface area contributed by atoms with Gasteiger partial charge in [0.15, 0.2) is 0 Å². The quantitative estimate of drug-likeness (QED) is 0.765. The minimum absolute atomic E-state index is 0.0818. The van der Waals surface area contributed by atoms with Gasteiger partial charge in [0.25, 0.3) is 0 Å². The first kappa shape index (κ1) is 19.8. The molecule has 4 aliphatic rings. The molecule has 5 unspecified atom stereocenters. The number of fused-ring (bicyclic) bond motifs is 4. The number of hydrogen-bond acceptors (Lipinski definition) is 4. The van der Waals surface area contributed by atoms with E-state index in [9.17, 15) is 9.59 Å². The minimum Gasteiger partial charge on any atom is -0.468 e. The number of aromatic amines is 1. The van der Waals surface area contributed by atoms with Gasteiger partial charge in [-0.3, -0.25) is 14.5 Å². The Labute approximate surface area is 178 Å². The van der Waals surface area contributed by atoms with Gasteiger partial charge >= 0.3 is 5.97 Å². The molecule has 1 aromatic carbocycles. The molecule has 3 fully saturated rings. The molecular formula is C25H32N2O3. The molecule has 2 saturated heterocycles. The summed E-state index contributed by atoms with van der Waals surface area (Å²) < 4.78 is 5.50. The Morgan fingerprint density at radius 2 is 2.17 bits per heavy atom. The maximum absolute atomic E-state index is 13.5. The fourth-order valence-corrected chi connectivity index (χ4v) is 7.02. The van der Waals surface area contributed by atoms with Crippen molar-refractivity contribution in [3.05, 3.63) is 35.0 Å². The molecule has 30 heavy (non-hydrogen) atoms. The Bertz CT molecular complexity index is 1010. The summed E-state index contributed by atoms with van der Waals surface area (Å²) in [4.78, 5) is 31.5. The van der Waals surface area contributed by atoms with E-state index in [1.54, 1.807) is 6.92 Å². The van der Waals surface area contributed by atoms with Gasteiger partial charge in [-0.2, -0.15) is 0 Å². The third-order valence-corrected chi connectivity index (χ3v) is 7.81. The molecule has 0 spiro atoms. The predicted molar refractivity (Wildman–Crippen MR) is 117 cm³/mol. The Kier molecular flexibility index (Phi) is 4.77. The zero-order chi connectivity index (χ0) is 21.0. The van der Waals surface area contributed by atoms with Crippen molar-refractivity contribution in [2.75, 3.05) is 20.2 Å². The zero-order valence-electron chi connectivity index (χ0n) is 18.3. The molecule has 0 radical (unpaired) electrons. The predicted octanol–water partition coefficient (Wildman–Crippen LogP) is 3.78. The Balaban J connectivity index is 1.72. The summed E-state index contributed by atoms with van der Waals surface area (Å²) in [6, 6.07) is 6.48. The summed E-state index contributed by atoms with van der Waals surface area (Å²) in [5.41, 5.74) is 3.84. The number of ether oxygens (including phenoxy) is 1. The molecule has 2 aromatic rings. The van der Waals surface area contributed by atoms with E-state index in [-0.39, 0.29) is 17.8 Å². The van der Waals surface area contributed by atoms with Gasteiger partial charge in [0, 0.05) is 42.1 Å². The molecule has 0 amide bonds. The molecule has 6 rings (SSSR count). The van der Waals surface area contributed by atoms with E-state index < -0.39 is 5.41 Å². The summed E-state index contributed by atoms with van der Waals surface area (Å²) in [5, 5.41) is 1.17. The van der Waals surface area contributed by atoms with Gasteiger partial charge in [0.2, 0.25) is 0 Å². The van der Waals surface area contributed by atoms with Crippen molar-refractivity contribution < 1.29 is 14.3 Å². The van der Waals surface area contributed by atoms with Gasteiger partial charge in [-0.05, 0) is 67.7 Å². The number of benzene rings is 1. The van der Waals surface area contributed by atoms with Crippen LogP contribution in [0.15, 0.2) is 18.2 Å². The molecule has 5 heteroatoms. The number of aromatic nitrogens is 1. The van der Waals surface area contributed by atoms with Gasteiger partial charge < -0.3 is 9.72 Å². The second-order valence-corrected chi connectivity index (χ2v) is 9.74. The van der Waals surface area contributed by atoms with Crippen LogP contribution in [0.25, 0.3) is 10.9 Å². The number of ketones is 1. The SMILES string of the molecule is CCCC1CC2CN3CCc4c([nH]c5ccc(CC(C)=O)cc45)C(C(=O)OC)(C2)C13. The van der Waals surface area contributed by atoms with E-state index in [1.165, 1.54) is 24.5 Å². The standard InChI is InChI=1S/C25H32N2O3/c1-4-5-18-11-17-13-25(24(29)30-3)22-19(8-9-27(14-17)23(18)25)20-12-16(10-15(2)28)6-7-21(20)26-22/h6-7,12,17-18,23,26H,4-5,8-11,13-14H2,1-3H3. The molecular weight excluding hydrogens is 376 g/mol. The number of carbonyl (C=O) groups excluding carboxylic acids is 2. The van der Waals surface area contributed by atoms with Gasteiger partial charge in [-0.15, -0.1) is 0 Å². The topological polar surface area (TPSA) is 62.4 Å². The van der Waals surface area contributed by atoms with Crippen LogP contribution >= 0.6 is 0 Å². The fourth-order valence-electron chi connectivity index (χ4n) is 7.02. The number of esters is 1. The van der Waals surface area contributed by atoms with Crippen molar-refractivity contribution >= 4 is 22.7 Å². The number of hydrogen-bond donors (Lipinski definition) is 1. The first-order valence-corrected chi connectivity index (χ1v) is 11.4. The highest BCUT2D eigenvalue weighted by atomic mass is 16.5. The van der Waals surface area contributed by atoms with E-state index in [0.29, 0.717) is 18.3 Å². The van der Waals surface area contributed by atoms with Crippen LogP contribution in [0.2, 0.25) is 0 Å². The lowest BCUT2D eigenvalue weighted by molar-refractivity contribution is -0.162. The average Bonchev–Trinajstić information content (AvgIpc) is 3.05. The second-order valence-electron chi connectivity index (χ2n) is 9.74. The molecule has 160 valence electrons. The maximum atomic E-state index is 13.5. The van der Waals surface area contributed by atoms with Gasteiger partial charge in [0.1, 0.15) is 11.2 Å². The van der Waals surface area contributed by atoms with Crippen LogP contribution in [0.3, 0.4) is 0 Å². The first-order valence-electron chi connectivity index (χ1n) is 11.4. The van der Waals surface area contributed by atoms with Crippen LogP contribution < -0.4 is 0 Å². The van der Waals surface area contributed by atoms with E-state index in [1.807, 2.05) is 6.07 Å². The molecule has 5 nitrogen and oxygen atoms in total. The smallest absolute Gasteiger partial charge is 0.319 e. The van der Waals surface area contributed by atoms with Crippen molar-refractivity contribution in [2.45, 2.75) is 63.8 Å². The summed E-state index contributed by atoms with van der Waals surface area (Å²) in [5.74, 6) is 1.16. The summed E-state index contributed by atoms with van der Waals surface area (Å²) in [7, 11) is 1.54. The molecule has 1 N–H and O–H groups in total. The average molecular weight is 409 g/mol. The Hall–Kier alpha value is -2.14. The van der Waals surface area contributed by atoms with Gasteiger partial charge in [0.05, 0.1) is 7.11 Å². The highest BCUT2D eigenvalue weighted by Crippen LogP contribution is 2.55. The van der Waals surface area contributed by atoms with Crippen LogP contribution in [0.5, 0.6) is 0 Å². The maximum Gasteiger partial charge on any atom is 0.319 e. The van der Waals surface area contributed by atoms with Crippen LogP contribution in [0.4, 0.5) is 0 Å². The number of H-pyrrole nitrogens is 1. The Morgan fingerprint density at radius 1 is 1.33 bits per heavy atom. The zero-order valence-corrected chi connectivity index (χ0v) is 18.3. The lowest BCUT2D eigenvalue weighted by Gasteiger charge is -2.58. The van der Waals surface area contributed by atoms with E-state index in [2.05, 4.69) is 28.9 Å². The number of carbonyl (C=O) groups is 2. The van der Waals surface area contributed by atoms with E-state index >= 15 is 0 Å². The number of nitrogens with zero attached hydrogens (tertiary/aromatic N) is 1. The van der Waals surface area contributed by atoms with Crippen molar-refractivity contribution in [2.24, 2.45) is 11.8 Å². The van der Waals surface area contributed by atoms with E-state index in [4.69, 9.17) is 4.74 Å².